The molecule has 1 fully saturated rings. The quantitative estimate of drug-likeness (QED) is 0.778. The van der Waals surface area contributed by atoms with Crippen molar-refractivity contribution in [2.24, 2.45) is 0 Å². The standard InChI is InChI=1S/C11H7Cl2NOS/c12-7-1-2-8(14-5-7)11(6-15-11)9-3-4-10(13)16-9/h1-5H,6H2. The van der Waals surface area contributed by atoms with Crippen LogP contribution >= 0.6 is 34.5 Å². The van der Waals surface area contributed by atoms with Gasteiger partial charge in [-0.15, -0.1) is 11.3 Å². The topological polar surface area (TPSA) is 25.4 Å². The maximum absolute atomic E-state index is 5.93. The van der Waals surface area contributed by atoms with E-state index >= 15 is 0 Å². The Labute approximate surface area is 107 Å². The lowest BCUT2D eigenvalue weighted by Crippen LogP contribution is -2.10. The van der Waals surface area contributed by atoms with Gasteiger partial charge in [-0.25, -0.2) is 0 Å². The predicted octanol–water partition coefficient (Wildman–Crippen LogP) is 3.72. The van der Waals surface area contributed by atoms with Crippen molar-refractivity contribution in [1.82, 2.24) is 4.98 Å². The molecule has 2 aromatic heterocycles. The summed E-state index contributed by atoms with van der Waals surface area (Å²) in [6.45, 7) is 0.651. The van der Waals surface area contributed by atoms with Gasteiger partial charge in [-0.3, -0.25) is 4.98 Å². The number of ether oxygens (including phenoxy) is 1. The van der Waals surface area contributed by atoms with Gasteiger partial charge in [0.1, 0.15) is 0 Å². The molecule has 1 aliphatic heterocycles. The van der Waals surface area contributed by atoms with E-state index in [1.165, 1.54) is 11.3 Å². The molecular formula is C11H7Cl2NOS. The third-order valence-corrected chi connectivity index (χ3v) is 4.14. The van der Waals surface area contributed by atoms with Crippen LogP contribution in [-0.4, -0.2) is 11.6 Å². The molecule has 3 rings (SSSR count). The Bertz CT molecular complexity index is 519. The van der Waals surface area contributed by atoms with Crippen LogP contribution in [-0.2, 0) is 10.3 Å². The summed E-state index contributed by atoms with van der Waals surface area (Å²) in [5, 5.41) is 0.628. The molecule has 82 valence electrons. The zero-order valence-electron chi connectivity index (χ0n) is 8.11. The molecule has 1 saturated heterocycles. The Kier molecular flexibility index (Phi) is 2.44. The first-order chi connectivity index (χ1) is 7.71. The molecule has 1 atom stereocenters. The van der Waals surface area contributed by atoms with Crippen molar-refractivity contribution in [3.8, 4) is 0 Å². The van der Waals surface area contributed by atoms with Gasteiger partial charge >= 0.3 is 0 Å². The summed E-state index contributed by atoms with van der Waals surface area (Å²) in [5.74, 6) is 0. The van der Waals surface area contributed by atoms with E-state index in [4.69, 9.17) is 27.9 Å². The molecule has 0 aromatic carbocycles. The van der Waals surface area contributed by atoms with E-state index in [0.29, 0.717) is 11.6 Å². The number of hydrogen-bond donors (Lipinski definition) is 0. The summed E-state index contributed by atoms with van der Waals surface area (Å²) in [7, 11) is 0. The summed E-state index contributed by atoms with van der Waals surface area (Å²) in [6.07, 6.45) is 1.63. The van der Waals surface area contributed by atoms with E-state index in [1.807, 2.05) is 24.3 Å². The minimum absolute atomic E-state index is 0.387. The van der Waals surface area contributed by atoms with Crippen LogP contribution in [0, 0.1) is 0 Å². The van der Waals surface area contributed by atoms with E-state index in [1.54, 1.807) is 6.20 Å². The highest BCUT2D eigenvalue weighted by atomic mass is 35.5. The summed E-state index contributed by atoms with van der Waals surface area (Å²) in [6, 6.07) is 7.57. The maximum Gasteiger partial charge on any atom is 0.167 e. The minimum atomic E-state index is -0.387. The second kappa shape index (κ2) is 3.70. The number of pyridine rings is 1. The first-order valence-electron chi connectivity index (χ1n) is 4.72. The van der Waals surface area contributed by atoms with Crippen molar-refractivity contribution in [1.29, 1.82) is 0 Å². The van der Waals surface area contributed by atoms with Gasteiger partial charge in [0, 0.05) is 11.1 Å². The molecule has 0 radical (unpaired) electrons. The summed E-state index contributed by atoms with van der Waals surface area (Å²) in [5.41, 5.74) is 0.498. The van der Waals surface area contributed by atoms with Gasteiger partial charge in [0.05, 0.1) is 21.7 Å². The number of thiophene rings is 1. The minimum Gasteiger partial charge on any atom is -0.357 e. The smallest absolute Gasteiger partial charge is 0.167 e. The normalized spacial score (nSPS) is 23.4. The molecule has 0 amide bonds. The SMILES string of the molecule is Clc1ccc(C2(c3ccc(Cl)s3)CO2)nc1. The molecule has 0 bridgehead atoms. The summed E-state index contributed by atoms with van der Waals surface area (Å²) in [4.78, 5) is 5.39. The van der Waals surface area contributed by atoms with Gasteiger partial charge in [-0.2, -0.15) is 0 Å². The summed E-state index contributed by atoms with van der Waals surface area (Å²) < 4.78 is 6.33. The van der Waals surface area contributed by atoms with E-state index in [9.17, 15) is 0 Å². The Balaban J connectivity index is 2.03. The van der Waals surface area contributed by atoms with Crippen molar-refractivity contribution in [3.05, 3.63) is 50.4 Å². The van der Waals surface area contributed by atoms with Crippen molar-refractivity contribution in [2.45, 2.75) is 5.60 Å². The van der Waals surface area contributed by atoms with Gasteiger partial charge < -0.3 is 4.74 Å². The van der Waals surface area contributed by atoms with E-state index in [2.05, 4.69) is 4.98 Å². The Morgan fingerprint density at radius 2 is 2.06 bits per heavy atom. The van der Waals surface area contributed by atoms with Crippen LogP contribution in [0.15, 0.2) is 30.5 Å². The molecule has 0 spiro atoms. The third kappa shape index (κ3) is 1.64. The van der Waals surface area contributed by atoms with Crippen LogP contribution in [0.3, 0.4) is 0 Å². The van der Waals surface area contributed by atoms with Crippen molar-refractivity contribution >= 4 is 34.5 Å². The molecular weight excluding hydrogens is 265 g/mol. The zero-order chi connectivity index (χ0) is 11.2. The summed E-state index contributed by atoms with van der Waals surface area (Å²) >= 11 is 13.3. The first kappa shape index (κ1) is 10.5. The van der Waals surface area contributed by atoms with Crippen molar-refractivity contribution < 1.29 is 4.74 Å². The van der Waals surface area contributed by atoms with Crippen LogP contribution < -0.4 is 0 Å². The monoisotopic (exact) mass is 271 g/mol. The molecule has 1 unspecified atom stereocenters. The molecule has 5 heteroatoms. The average molecular weight is 272 g/mol. The largest absolute Gasteiger partial charge is 0.357 e. The molecule has 2 aromatic rings. The third-order valence-electron chi connectivity index (χ3n) is 2.55. The van der Waals surface area contributed by atoms with Crippen LogP contribution in [0.25, 0.3) is 0 Å². The number of rotatable bonds is 2. The second-order valence-electron chi connectivity index (χ2n) is 3.58. The maximum atomic E-state index is 5.93. The lowest BCUT2D eigenvalue weighted by molar-refractivity contribution is 0.347. The molecule has 1 aliphatic rings. The molecule has 3 heterocycles. The fourth-order valence-corrected chi connectivity index (χ4v) is 2.93. The van der Waals surface area contributed by atoms with Crippen LogP contribution in [0.5, 0.6) is 0 Å². The number of halogens is 2. The van der Waals surface area contributed by atoms with Gasteiger partial charge in [0.2, 0.25) is 0 Å². The Hall–Kier alpha value is -0.610. The number of hydrogen-bond acceptors (Lipinski definition) is 3. The second-order valence-corrected chi connectivity index (χ2v) is 5.73. The number of aromatic nitrogens is 1. The fraction of sp³-hybridized carbons (Fsp3) is 0.182. The average Bonchev–Trinajstić information content (AvgIpc) is 2.97. The number of nitrogens with zero attached hydrogens (tertiary/aromatic N) is 1. The molecule has 16 heavy (non-hydrogen) atoms. The molecule has 0 aliphatic carbocycles. The van der Waals surface area contributed by atoms with Gasteiger partial charge in [-0.05, 0) is 24.3 Å². The van der Waals surface area contributed by atoms with Gasteiger partial charge in [0.15, 0.2) is 5.60 Å². The van der Waals surface area contributed by atoms with Gasteiger partial charge in [0.25, 0.3) is 0 Å². The zero-order valence-corrected chi connectivity index (χ0v) is 10.4. The van der Waals surface area contributed by atoms with Crippen LogP contribution in [0.1, 0.15) is 10.6 Å². The lowest BCUT2D eigenvalue weighted by Gasteiger charge is -2.08. The molecule has 0 saturated carbocycles. The van der Waals surface area contributed by atoms with E-state index < -0.39 is 0 Å². The van der Waals surface area contributed by atoms with Gasteiger partial charge in [-0.1, -0.05) is 23.2 Å². The highest BCUT2D eigenvalue weighted by Gasteiger charge is 2.50. The highest BCUT2D eigenvalue weighted by Crippen LogP contribution is 2.47. The fourth-order valence-electron chi connectivity index (χ4n) is 1.63. The highest BCUT2D eigenvalue weighted by molar-refractivity contribution is 7.16. The van der Waals surface area contributed by atoms with E-state index in [-0.39, 0.29) is 5.60 Å². The van der Waals surface area contributed by atoms with Crippen molar-refractivity contribution in [3.63, 3.8) is 0 Å². The predicted molar refractivity (Wildman–Crippen MR) is 65.3 cm³/mol. The van der Waals surface area contributed by atoms with Crippen LogP contribution in [0.2, 0.25) is 9.36 Å². The Morgan fingerprint density at radius 1 is 1.25 bits per heavy atom. The molecule has 0 N–H and O–H groups in total. The Morgan fingerprint density at radius 3 is 2.56 bits per heavy atom. The first-order valence-corrected chi connectivity index (χ1v) is 6.30. The van der Waals surface area contributed by atoms with Crippen molar-refractivity contribution in [2.75, 3.05) is 6.61 Å². The van der Waals surface area contributed by atoms with Crippen LogP contribution in [0.4, 0.5) is 0 Å². The molecule has 2 nitrogen and oxygen atoms in total. The number of epoxide rings is 1. The lowest BCUT2D eigenvalue weighted by atomic mass is 10.0. The van der Waals surface area contributed by atoms with E-state index in [0.717, 1.165) is 14.9 Å².